The molecule has 0 fully saturated rings. The molecule has 1 aromatic rings. The van der Waals surface area contributed by atoms with Gasteiger partial charge in [0.15, 0.2) is 5.78 Å². The summed E-state index contributed by atoms with van der Waals surface area (Å²) in [4.78, 5) is 21.4. The molecule has 0 aliphatic carbocycles. The molecule has 0 bridgehead atoms. The molecule has 0 heterocycles. The van der Waals surface area contributed by atoms with E-state index in [1.54, 1.807) is 25.1 Å². The van der Waals surface area contributed by atoms with Crippen LogP contribution in [0, 0.1) is 4.91 Å². The van der Waals surface area contributed by atoms with Crippen molar-refractivity contribution in [3.63, 3.8) is 0 Å². The maximum Gasteiger partial charge on any atom is 0.164 e. The van der Waals surface area contributed by atoms with Crippen LogP contribution in [0.25, 0.3) is 0 Å². The molecule has 0 aliphatic heterocycles. The number of benzene rings is 1. The fraction of sp³-hybridized carbons (Fsp3) is 0.222. The van der Waals surface area contributed by atoms with Gasteiger partial charge in [-0.25, -0.2) is 0 Å². The second-order valence-electron chi connectivity index (χ2n) is 2.39. The number of carbonyl (C=O) groups is 1. The van der Waals surface area contributed by atoms with Crippen LogP contribution in [0.3, 0.4) is 0 Å². The molecule has 0 saturated carbocycles. The highest BCUT2D eigenvalue weighted by Gasteiger charge is 2.07. The zero-order valence-corrected chi connectivity index (χ0v) is 6.78. The smallest absolute Gasteiger partial charge is 0.164 e. The van der Waals surface area contributed by atoms with Gasteiger partial charge in [-0.15, -0.1) is 4.91 Å². The minimum atomic E-state index is -0.0507. The largest absolute Gasteiger partial charge is 0.294 e. The van der Waals surface area contributed by atoms with Crippen LogP contribution < -0.4 is 0 Å². The van der Waals surface area contributed by atoms with E-state index >= 15 is 0 Å². The van der Waals surface area contributed by atoms with Gasteiger partial charge in [0.05, 0.1) is 0 Å². The molecular weight excluding hydrogens is 154 g/mol. The molecule has 1 aromatic carbocycles. The van der Waals surface area contributed by atoms with E-state index in [1.807, 2.05) is 0 Å². The summed E-state index contributed by atoms with van der Waals surface area (Å²) in [6.07, 6.45) is 0.395. The number of hydrogen-bond donors (Lipinski definition) is 0. The van der Waals surface area contributed by atoms with Gasteiger partial charge in [-0.1, -0.05) is 19.1 Å². The van der Waals surface area contributed by atoms with Crippen LogP contribution in [-0.2, 0) is 0 Å². The summed E-state index contributed by atoms with van der Waals surface area (Å²) in [7, 11) is 0. The van der Waals surface area contributed by atoms with Crippen molar-refractivity contribution in [3.05, 3.63) is 34.7 Å². The average Bonchev–Trinajstić information content (AvgIpc) is 2.16. The number of ketones is 1. The summed E-state index contributed by atoms with van der Waals surface area (Å²) in [5.74, 6) is -0.0507. The third-order valence-corrected chi connectivity index (χ3v) is 1.62. The minimum absolute atomic E-state index is 0.0507. The Hall–Kier alpha value is -1.51. The Bertz CT molecular complexity index is 307. The van der Waals surface area contributed by atoms with Gasteiger partial charge in [-0.3, -0.25) is 4.79 Å². The van der Waals surface area contributed by atoms with E-state index in [2.05, 4.69) is 5.18 Å². The summed E-state index contributed by atoms with van der Waals surface area (Å²) in [6.45, 7) is 1.75. The average molecular weight is 163 g/mol. The number of Topliss-reactive ketones (excluding diaryl/α,β-unsaturated/α-hetero) is 1. The van der Waals surface area contributed by atoms with Crippen molar-refractivity contribution in [3.8, 4) is 0 Å². The standard InChI is InChI=1S/C9H9NO2/c1-2-9(11)7-5-3-4-6-8(7)10-12/h3-6H,2H2,1H3. The fourth-order valence-corrected chi connectivity index (χ4v) is 0.979. The summed E-state index contributed by atoms with van der Waals surface area (Å²) in [5, 5.41) is 2.77. The lowest BCUT2D eigenvalue weighted by atomic mass is 10.1. The Morgan fingerprint density at radius 2 is 2.08 bits per heavy atom. The van der Waals surface area contributed by atoms with Crippen molar-refractivity contribution in [1.82, 2.24) is 0 Å². The number of hydrogen-bond acceptors (Lipinski definition) is 3. The quantitative estimate of drug-likeness (QED) is 0.508. The molecule has 0 radical (unpaired) electrons. The normalized spacial score (nSPS) is 9.42. The fourth-order valence-electron chi connectivity index (χ4n) is 0.979. The van der Waals surface area contributed by atoms with E-state index in [0.29, 0.717) is 12.0 Å². The summed E-state index contributed by atoms with van der Waals surface area (Å²) >= 11 is 0. The molecule has 0 aliphatic rings. The number of nitrogens with zero attached hydrogens (tertiary/aromatic N) is 1. The van der Waals surface area contributed by atoms with Crippen molar-refractivity contribution in [1.29, 1.82) is 0 Å². The van der Waals surface area contributed by atoms with Gasteiger partial charge < -0.3 is 0 Å². The second kappa shape index (κ2) is 3.76. The highest BCUT2D eigenvalue weighted by molar-refractivity contribution is 6.00. The van der Waals surface area contributed by atoms with E-state index in [4.69, 9.17) is 0 Å². The molecule has 0 aromatic heterocycles. The van der Waals surface area contributed by atoms with E-state index in [1.165, 1.54) is 6.07 Å². The topological polar surface area (TPSA) is 46.5 Å². The molecule has 3 nitrogen and oxygen atoms in total. The maximum atomic E-state index is 11.2. The Labute approximate surface area is 70.4 Å². The minimum Gasteiger partial charge on any atom is -0.294 e. The predicted octanol–water partition coefficient (Wildman–Crippen LogP) is 2.68. The molecule has 3 heteroatoms. The van der Waals surface area contributed by atoms with E-state index in [0.717, 1.165) is 0 Å². The van der Waals surface area contributed by atoms with E-state index < -0.39 is 0 Å². The van der Waals surface area contributed by atoms with Gasteiger partial charge >= 0.3 is 0 Å². The third kappa shape index (κ3) is 1.56. The Morgan fingerprint density at radius 1 is 1.42 bits per heavy atom. The Kier molecular flexibility index (Phi) is 2.69. The summed E-state index contributed by atoms with van der Waals surface area (Å²) < 4.78 is 0. The van der Waals surface area contributed by atoms with Crippen LogP contribution >= 0.6 is 0 Å². The van der Waals surface area contributed by atoms with Gasteiger partial charge in [-0.05, 0) is 17.3 Å². The molecule has 12 heavy (non-hydrogen) atoms. The van der Waals surface area contributed by atoms with Crippen LogP contribution in [0.4, 0.5) is 5.69 Å². The highest BCUT2D eigenvalue weighted by atomic mass is 16.3. The van der Waals surface area contributed by atoms with E-state index in [9.17, 15) is 9.70 Å². The van der Waals surface area contributed by atoms with Crippen LogP contribution in [0.15, 0.2) is 29.4 Å². The Balaban J connectivity index is 3.13. The second-order valence-corrected chi connectivity index (χ2v) is 2.39. The number of carbonyl (C=O) groups excluding carboxylic acids is 1. The van der Waals surface area contributed by atoms with Crippen molar-refractivity contribution >= 4 is 11.5 Å². The molecule has 0 saturated heterocycles. The van der Waals surface area contributed by atoms with Gasteiger partial charge in [0, 0.05) is 12.0 Å². The Morgan fingerprint density at radius 3 is 2.67 bits per heavy atom. The van der Waals surface area contributed by atoms with Gasteiger partial charge in [0.2, 0.25) is 0 Å². The van der Waals surface area contributed by atoms with Crippen LogP contribution in [0.2, 0.25) is 0 Å². The van der Waals surface area contributed by atoms with Crippen molar-refractivity contribution in [2.24, 2.45) is 5.18 Å². The van der Waals surface area contributed by atoms with Crippen molar-refractivity contribution in [2.75, 3.05) is 0 Å². The first kappa shape index (κ1) is 8.59. The lowest BCUT2D eigenvalue weighted by molar-refractivity contribution is 0.0989. The first-order valence-corrected chi connectivity index (χ1v) is 3.75. The molecule has 62 valence electrons. The van der Waals surface area contributed by atoms with Crippen molar-refractivity contribution < 1.29 is 4.79 Å². The highest BCUT2D eigenvalue weighted by Crippen LogP contribution is 2.19. The van der Waals surface area contributed by atoms with Crippen LogP contribution in [0.5, 0.6) is 0 Å². The molecule has 1 rings (SSSR count). The monoisotopic (exact) mass is 163 g/mol. The summed E-state index contributed by atoms with van der Waals surface area (Å²) in [5.41, 5.74) is 0.638. The van der Waals surface area contributed by atoms with Gasteiger partial charge in [0.1, 0.15) is 5.69 Å². The maximum absolute atomic E-state index is 11.2. The first-order chi connectivity index (χ1) is 5.79. The number of nitroso groups, excluding NO2 is 1. The third-order valence-electron chi connectivity index (χ3n) is 1.62. The van der Waals surface area contributed by atoms with E-state index in [-0.39, 0.29) is 11.5 Å². The molecule has 0 atom stereocenters. The molecule has 0 spiro atoms. The molecule has 0 unspecified atom stereocenters. The lowest BCUT2D eigenvalue weighted by Gasteiger charge is -1.98. The molecular formula is C9H9NO2. The zero-order chi connectivity index (χ0) is 8.97. The summed E-state index contributed by atoms with van der Waals surface area (Å²) in [6, 6.07) is 6.55. The van der Waals surface area contributed by atoms with Gasteiger partial charge in [0.25, 0.3) is 0 Å². The molecule has 0 amide bonds. The number of rotatable bonds is 3. The SMILES string of the molecule is CCC(=O)c1ccccc1N=O. The van der Waals surface area contributed by atoms with Crippen LogP contribution in [-0.4, -0.2) is 5.78 Å². The van der Waals surface area contributed by atoms with Crippen LogP contribution in [0.1, 0.15) is 23.7 Å². The first-order valence-electron chi connectivity index (χ1n) is 3.75. The lowest BCUT2D eigenvalue weighted by Crippen LogP contribution is -1.95. The molecule has 0 N–H and O–H groups in total. The zero-order valence-electron chi connectivity index (χ0n) is 6.78. The predicted molar refractivity (Wildman–Crippen MR) is 46.5 cm³/mol. The van der Waals surface area contributed by atoms with Crippen molar-refractivity contribution in [2.45, 2.75) is 13.3 Å². The van der Waals surface area contributed by atoms with Gasteiger partial charge in [-0.2, -0.15) is 0 Å².